The number of benzene rings is 1. The van der Waals surface area contributed by atoms with Gasteiger partial charge in [0.2, 0.25) is 0 Å². The molecule has 0 aliphatic rings. The molecule has 1 heterocycles. The summed E-state index contributed by atoms with van der Waals surface area (Å²) in [4.78, 5) is 4.22. The first kappa shape index (κ1) is 14.9. The zero-order valence-electron chi connectivity index (χ0n) is 11.6. The Bertz CT molecular complexity index is 641. The Kier molecular flexibility index (Phi) is 4.40. The third kappa shape index (κ3) is 3.77. The van der Waals surface area contributed by atoms with Gasteiger partial charge in [-0.3, -0.25) is 0 Å². The molecule has 6 heteroatoms. The molecule has 0 saturated heterocycles. The minimum absolute atomic E-state index is 0.366. The summed E-state index contributed by atoms with van der Waals surface area (Å²) in [7, 11) is -1.27. The lowest BCUT2D eigenvalue weighted by molar-refractivity contribution is 0.651. The van der Waals surface area contributed by atoms with Crippen molar-refractivity contribution in [1.29, 1.82) is 0 Å². The van der Waals surface area contributed by atoms with Crippen LogP contribution in [0, 0.1) is 0 Å². The van der Waals surface area contributed by atoms with E-state index in [1.54, 1.807) is 6.33 Å². The van der Waals surface area contributed by atoms with E-state index in [0.717, 1.165) is 5.69 Å². The van der Waals surface area contributed by atoms with Gasteiger partial charge in [-0.15, -0.1) is 0 Å². The highest BCUT2D eigenvalue weighted by Crippen LogP contribution is 2.14. The van der Waals surface area contributed by atoms with E-state index in [0.29, 0.717) is 10.7 Å². The zero-order valence-corrected chi connectivity index (χ0v) is 13.1. The number of nitrogens with zero attached hydrogens (tertiary/aromatic N) is 3. The third-order valence-electron chi connectivity index (χ3n) is 2.53. The van der Waals surface area contributed by atoms with E-state index in [2.05, 4.69) is 9.38 Å². The molecule has 0 N–H and O–H groups in total. The molecule has 0 saturated carbocycles. The van der Waals surface area contributed by atoms with E-state index < -0.39 is 11.0 Å². The standard InChI is InChI=1S/C14H16ClN3OS/c1-14(2,3)20(19)17-8-12-9-18(10-16-12)13-6-4-11(15)5-7-13/h4-10H,1-3H3/b17-8+. The van der Waals surface area contributed by atoms with Gasteiger partial charge in [0.1, 0.15) is 16.7 Å². The molecule has 0 aliphatic heterocycles. The summed E-state index contributed by atoms with van der Waals surface area (Å²) >= 11 is 5.85. The van der Waals surface area contributed by atoms with Gasteiger partial charge in [0.25, 0.3) is 0 Å². The molecule has 0 aliphatic carbocycles. The minimum Gasteiger partial charge on any atom is -0.306 e. The van der Waals surface area contributed by atoms with E-state index in [1.807, 2.05) is 55.8 Å². The van der Waals surface area contributed by atoms with Crippen LogP contribution in [0.5, 0.6) is 0 Å². The maximum atomic E-state index is 11.8. The van der Waals surface area contributed by atoms with E-state index in [-0.39, 0.29) is 4.75 Å². The van der Waals surface area contributed by atoms with E-state index in [4.69, 9.17) is 11.6 Å². The molecule has 0 radical (unpaired) electrons. The van der Waals surface area contributed by atoms with Crippen molar-refractivity contribution < 1.29 is 4.21 Å². The van der Waals surface area contributed by atoms with Gasteiger partial charge in [0.15, 0.2) is 0 Å². The Labute approximate surface area is 126 Å². The fourth-order valence-corrected chi connectivity index (χ4v) is 2.07. The quantitative estimate of drug-likeness (QED) is 0.816. The third-order valence-corrected chi connectivity index (χ3v) is 4.13. The average Bonchev–Trinajstić information content (AvgIpc) is 2.84. The molecule has 0 spiro atoms. The maximum Gasteiger partial charge on any atom is 0.144 e. The van der Waals surface area contributed by atoms with Crippen LogP contribution in [-0.2, 0) is 11.0 Å². The summed E-state index contributed by atoms with van der Waals surface area (Å²) in [5, 5.41) is 0.691. The summed E-state index contributed by atoms with van der Waals surface area (Å²) in [5.41, 5.74) is 1.62. The number of imidazole rings is 1. The maximum absolute atomic E-state index is 11.8. The molecule has 0 fully saturated rings. The smallest absolute Gasteiger partial charge is 0.144 e. The van der Waals surface area contributed by atoms with Crippen LogP contribution in [0.4, 0.5) is 0 Å². The molecule has 106 valence electrons. The predicted molar refractivity (Wildman–Crippen MR) is 84.1 cm³/mol. The summed E-state index contributed by atoms with van der Waals surface area (Å²) in [6.07, 6.45) is 5.05. The van der Waals surface area contributed by atoms with Crippen LogP contribution in [0.3, 0.4) is 0 Å². The molecular weight excluding hydrogens is 294 g/mol. The number of hydrogen-bond donors (Lipinski definition) is 0. The van der Waals surface area contributed by atoms with E-state index in [9.17, 15) is 4.21 Å². The highest BCUT2D eigenvalue weighted by molar-refractivity contribution is 7.85. The Morgan fingerprint density at radius 3 is 2.55 bits per heavy atom. The van der Waals surface area contributed by atoms with Gasteiger partial charge >= 0.3 is 0 Å². The van der Waals surface area contributed by atoms with Gasteiger partial charge in [-0.05, 0) is 45.0 Å². The lowest BCUT2D eigenvalue weighted by atomic mass is 10.3. The largest absolute Gasteiger partial charge is 0.306 e. The monoisotopic (exact) mass is 309 g/mol. The van der Waals surface area contributed by atoms with Crippen LogP contribution < -0.4 is 0 Å². The first-order valence-corrected chi connectivity index (χ1v) is 7.61. The van der Waals surface area contributed by atoms with Crippen LogP contribution in [0.25, 0.3) is 5.69 Å². The van der Waals surface area contributed by atoms with Crippen LogP contribution >= 0.6 is 11.6 Å². The van der Waals surface area contributed by atoms with Crippen molar-refractivity contribution >= 4 is 28.8 Å². The average molecular weight is 310 g/mol. The molecule has 4 nitrogen and oxygen atoms in total. The van der Waals surface area contributed by atoms with Crippen LogP contribution in [0.15, 0.2) is 41.2 Å². The van der Waals surface area contributed by atoms with E-state index >= 15 is 0 Å². The Hall–Kier alpha value is -1.46. The van der Waals surface area contributed by atoms with Crippen molar-refractivity contribution in [3.05, 3.63) is 47.5 Å². The number of rotatable bonds is 3. The van der Waals surface area contributed by atoms with Gasteiger partial charge in [-0.1, -0.05) is 11.6 Å². The number of aromatic nitrogens is 2. The molecule has 20 heavy (non-hydrogen) atoms. The molecule has 1 aromatic carbocycles. The van der Waals surface area contributed by atoms with Gasteiger partial charge in [-0.2, -0.15) is 4.40 Å². The van der Waals surface area contributed by atoms with Crippen molar-refractivity contribution in [3.63, 3.8) is 0 Å². The summed E-state index contributed by atoms with van der Waals surface area (Å²) in [6.45, 7) is 5.65. The lowest BCUT2D eigenvalue weighted by Gasteiger charge is -2.12. The van der Waals surface area contributed by atoms with Gasteiger partial charge in [0.05, 0.1) is 17.3 Å². The lowest BCUT2D eigenvalue weighted by Crippen LogP contribution is -2.19. The van der Waals surface area contributed by atoms with Crippen molar-refractivity contribution in [2.45, 2.75) is 25.5 Å². The van der Waals surface area contributed by atoms with Crippen molar-refractivity contribution in [2.75, 3.05) is 0 Å². The van der Waals surface area contributed by atoms with Crippen molar-refractivity contribution in [2.24, 2.45) is 4.40 Å². The molecule has 1 atom stereocenters. The van der Waals surface area contributed by atoms with Crippen LogP contribution in [-0.4, -0.2) is 24.7 Å². The fraction of sp³-hybridized carbons (Fsp3) is 0.286. The Morgan fingerprint density at radius 2 is 1.95 bits per heavy atom. The zero-order chi connectivity index (χ0) is 14.8. The topological polar surface area (TPSA) is 47.2 Å². The normalized spacial score (nSPS) is 13.8. The molecule has 0 bridgehead atoms. The number of hydrogen-bond acceptors (Lipinski definition) is 2. The molecular formula is C14H16ClN3OS. The second-order valence-corrected chi connectivity index (χ2v) is 7.65. The summed E-state index contributed by atoms with van der Waals surface area (Å²) in [5.74, 6) is 0. The molecule has 2 aromatic rings. The summed E-state index contributed by atoms with van der Waals surface area (Å²) < 4.78 is 17.3. The molecule has 2 rings (SSSR count). The van der Waals surface area contributed by atoms with Crippen LogP contribution in [0.2, 0.25) is 5.02 Å². The number of halogens is 1. The second kappa shape index (κ2) is 5.89. The van der Waals surface area contributed by atoms with E-state index in [1.165, 1.54) is 6.21 Å². The fourth-order valence-electron chi connectivity index (χ4n) is 1.42. The Morgan fingerprint density at radius 1 is 1.30 bits per heavy atom. The predicted octanol–water partition coefficient (Wildman–Crippen LogP) is 3.41. The second-order valence-electron chi connectivity index (χ2n) is 5.28. The van der Waals surface area contributed by atoms with Crippen molar-refractivity contribution in [3.8, 4) is 5.69 Å². The molecule has 1 aromatic heterocycles. The van der Waals surface area contributed by atoms with Gasteiger partial charge in [-0.25, -0.2) is 9.19 Å². The highest BCUT2D eigenvalue weighted by atomic mass is 35.5. The molecule has 1 unspecified atom stereocenters. The van der Waals surface area contributed by atoms with Gasteiger partial charge < -0.3 is 4.57 Å². The minimum atomic E-state index is -1.27. The van der Waals surface area contributed by atoms with Crippen molar-refractivity contribution in [1.82, 2.24) is 9.55 Å². The first-order valence-electron chi connectivity index (χ1n) is 6.12. The first-order chi connectivity index (χ1) is 9.36. The highest BCUT2D eigenvalue weighted by Gasteiger charge is 2.18. The SMILES string of the molecule is CC(C)(C)S(=O)/N=C/c1cn(-c2ccc(Cl)cc2)cn1. The molecule has 0 amide bonds. The van der Waals surface area contributed by atoms with Gasteiger partial charge in [0, 0.05) is 16.9 Å². The van der Waals surface area contributed by atoms with Crippen LogP contribution in [0.1, 0.15) is 26.5 Å². The summed E-state index contributed by atoms with van der Waals surface area (Å²) in [6, 6.07) is 7.44. The Balaban J connectivity index is 2.15.